The number of unbranched alkanes of at least 4 members (excludes halogenated alkanes) is 1. The maximum atomic E-state index is 12.1. The molecule has 0 amide bonds. The fourth-order valence-electron chi connectivity index (χ4n) is 1.79. The fraction of sp³-hybridized carbons (Fsp3) is 0.286. The van der Waals surface area contributed by atoms with E-state index in [1.807, 2.05) is 31.2 Å². The maximum absolute atomic E-state index is 12.1. The van der Waals surface area contributed by atoms with Crippen LogP contribution in [0.3, 0.4) is 0 Å². The summed E-state index contributed by atoms with van der Waals surface area (Å²) in [6, 6.07) is 12.6. The first-order valence-electron chi connectivity index (χ1n) is 6.02. The first kappa shape index (κ1) is 16.7. The molecule has 0 saturated heterocycles. The number of benzene rings is 2. The Bertz CT molecular complexity index is 633. The van der Waals surface area contributed by atoms with E-state index in [9.17, 15) is 8.42 Å². The van der Waals surface area contributed by atoms with E-state index in [0.717, 1.165) is 18.2 Å². The zero-order valence-corrected chi connectivity index (χ0v) is 11.1. The van der Waals surface area contributed by atoms with Crippen molar-refractivity contribution < 1.29 is 12.6 Å². The predicted octanol–water partition coefficient (Wildman–Crippen LogP) is 2.70. The van der Waals surface area contributed by atoms with Crippen molar-refractivity contribution in [2.24, 2.45) is 0 Å². The standard InChI is InChI=1S/C14H16O3S.Na.H/c1-2-3-11-17-18(15,16)14-10-6-8-12-7-4-5-9-13(12)14;;/h4-10H,2-3,11H2,1H3;;. The van der Waals surface area contributed by atoms with Crippen molar-refractivity contribution >= 4 is 50.4 Å². The molecule has 0 aliphatic heterocycles. The minimum absolute atomic E-state index is 0. The molecule has 2 rings (SSSR count). The van der Waals surface area contributed by atoms with Crippen LogP contribution in [0.5, 0.6) is 0 Å². The van der Waals surface area contributed by atoms with E-state index in [0.29, 0.717) is 5.39 Å². The molecule has 0 bridgehead atoms. The van der Waals surface area contributed by atoms with Crippen molar-refractivity contribution in [1.82, 2.24) is 0 Å². The Labute approximate surface area is 136 Å². The Hall–Kier alpha value is -0.390. The van der Waals surface area contributed by atoms with Crippen LogP contribution in [0.25, 0.3) is 10.8 Å². The van der Waals surface area contributed by atoms with Crippen molar-refractivity contribution in [3.8, 4) is 0 Å². The molecular formula is C14H17NaO3S. The van der Waals surface area contributed by atoms with Gasteiger partial charge in [0.1, 0.15) is 4.90 Å². The molecule has 0 unspecified atom stereocenters. The summed E-state index contributed by atoms with van der Waals surface area (Å²) < 4.78 is 29.2. The summed E-state index contributed by atoms with van der Waals surface area (Å²) in [6.45, 7) is 2.23. The van der Waals surface area contributed by atoms with Gasteiger partial charge in [0, 0.05) is 5.39 Å². The van der Waals surface area contributed by atoms with Crippen LogP contribution in [-0.2, 0) is 14.3 Å². The molecule has 5 heteroatoms. The molecule has 3 nitrogen and oxygen atoms in total. The van der Waals surface area contributed by atoms with Gasteiger partial charge in [0.05, 0.1) is 6.61 Å². The van der Waals surface area contributed by atoms with Crippen LogP contribution in [0, 0.1) is 0 Å². The summed E-state index contributed by atoms with van der Waals surface area (Å²) in [7, 11) is -3.66. The summed E-state index contributed by atoms with van der Waals surface area (Å²) in [4.78, 5) is 0.247. The van der Waals surface area contributed by atoms with Crippen LogP contribution in [0.15, 0.2) is 47.4 Å². The first-order valence-corrected chi connectivity index (χ1v) is 7.43. The minimum atomic E-state index is -3.66. The van der Waals surface area contributed by atoms with Gasteiger partial charge >= 0.3 is 29.6 Å². The van der Waals surface area contributed by atoms with Crippen molar-refractivity contribution in [1.29, 1.82) is 0 Å². The molecule has 0 heterocycles. The van der Waals surface area contributed by atoms with Crippen molar-refractivity contribution in [3.05, 3.63) is 42.5 Å². The third-order valence-electron chi connectivity index (χ3n) is 2.76. The molecule has 0 fully saturated rings. The van der Waals surface area contributed by atoms with Gasteiger partial charge in [0.15, 0.2) is 0 Å². The van der Waals surface area contributed by atoms with Gasteiger partial charge in [-0.3, -0.25) is 4.18 Å². The van der Waals surface area contributed by atoms with Gasteiger partial charge in [-0.25, -0.2) is 0 Å². The normalized spacial score (nSPS) is 11.2. The van der Waals surface area contributed by atoms with E-state index >= 15 is 0 Å². The molecule has 2 aromatic carbocycles. The number of hydrogen-bond acceptors (Lipinski definition) is 3. The van der Waals surface area contributed by atoms with Crippen LogP contribution in [0.1, 0.15) is 19.8 Å². The zero-order valence-electron chi connectivity index (χ0n) is 10.3. The molecule has 0 radical (unpaired) electrons. The van der Waals surface area contributed by atoms with Gasteiger partial charge in [-0.05, 0) is 17.9 Å². The van der Waals surface area contributed by atoms with Gasteiger partial charge in [0.2, 0.25) is 0 Å². The summed E-state index contributed by atoms with van der Waals surface area (Å²) in [5, 5.41) is 1.61. The van der Waals surface area contributed by atoms with Crippen molar-refractivity contribution in [2.45, 2.75) is 24.7 Å². The molecule has 0 saturated carbocycles. The molecule has 0 aromatic heterocycles. The van der Waals surface area contributed by atoms with Gasteiger partial charge < -0.3 is 0 Å². The summed E-state index contributed by atoms with van der Waals surface area (Å²) >= 11 is 0. The van der Waals surface area contributed by atoms with Crippen LogP contribution < -0.4 is 0 Å². The van der Waals surface area contributed by atoms with Gasteiger partial charge in [0.25, 0.3) is 10.1 Å². The molecule has 19 heavy (non-hydrogen) atoms. The fourth-order valence-corrected chi connectivity index (χ4v) is 2.95. The Morgan fingerprint density at radius 2 is 1.74 bits per heavy atom. The van der Waals surface area contributed by atoms with Gasteiger partial charge in [-0.1, -0.05) is 49.7 Å². The third kappa shape index (κ3) is 4.04. The van der Waals surface area contributed by atoms with E-state index in [2.05, 4.69) is 0 Å². The number of hydrogen-bond donors (Lipinski definition) is 0. The zero-order chi connectivity index (χ0) is 13.0. The summed E-state index contributed by atoms with van der Waals surface area (Å²) in [6.07, 6.45) is 1.65. The second kappa shape index (κ2) is 7.41. The van der Waals surface area contributed by atoms with Crippen LogP contribution >= 0.6 is 0 Å². The first-order chi connectivity index (χ1) is 8.65. The third-order valence-corrected chi connectivity index (χ3v) is 4.13. The van der Waals surface area contributed by atoms with Crippen molar-refractivity contribution in [3.63, 3.8) is 0 Å². The van der Waals surface area contributed by atoms with Gasteiger partial charge in [-0.15, -0.1) is 0 Å². The molecular weight excluding hydrogens is 271 g/mol. The molecule has 0 spiro atoms. The topological polar surface area (TPSA) is 43.4 Å². The van der Waals surface area contributed by atoms with Crippen LogP contribution in [0.2, 0.25) is 0 Å². The van der Waals surface area contributed by atoms with Crippen LogP contribution in [-0.4, -0.2) is 44.6 Å². The monoisotopic (exact) mass is 288 g/mol. The number of rotatable bonds is 5. The Kier molecular flexibility index (Phi) is 6.50. The molecule has 98 valence electrons. The molecule has 0 N–H and O–H groups in total. The van der Waals surface area contributed by atoms with E-state index in [1.54, 1.807) is 18.2 Å². The van der Waals surface area contributed by atoms with E-state index < -0.39 is 10.1 Å². The Balaban J connectivity index is 0.00000180. The van der Waals surface area contributed by atoms with E-state index in [4.69, 9.17) is 4.18 Å². The number of fused-ring (bicyclic) bond motifs is 1. The summed E-state index contributed by atoms with van der Waals surface area (Å²) in [5.74, 6) is 0. The SMILES string of the molecule is CCCCOS(=O)(=O)c1cccc2ccccc12.[NaH]. The average Bonchev–Trinajstić information content (AvgIpc) is 2.38. The Morgan fingerprint density at radius 3 is 2.47 bits per heavy atom. The summed E-state index contributed by atoms with van der Waals surface area (Å²) in [5.41, 5.74) is 0. The predicted molar refractivity (Wildman–Crippen MR) is 79.1 cm³/mol. The van der Waals surface area contributed by atoms with Crippen molar-refractivity contribution in [2.75, 3.05) is 6.61 Å². The average molecular weight is 288 g/mol. The molecule has 0 atom stereocenters. The second-order valence-corrected chi connectivity index (χ2v) is 5.69. The van der Waals surface area contributed by atoms with Gasteiger partial charge in [-0.2, -0.15) is 8.42 Å². The molecule has 2 aromatic rings. The van der Waals surface area contributed by atoms with E-state index in [-0.39, 0.29) is 41.1 Å². The molecule has 0 aliphatic rings. The second-order valence-electron chi connectivity index (χ2n) is 4.11. The van der Waals surface area contributed by atoms with E-state index in [1.165, 1.54) is 0 Å². The van der Waals surface area contributed by atoms with Crippen LogP contribution in [0.4, 0.5) is 0 Å². The Morgan fingerprint density at radius 1 is 1.05 bits per heavy atom. The molecule has 0 aliphatic carbocycles. The quantitative estimate of drug-likeness (QED) is 0.482.